The van der Waals surface area contributed by atoms with Crippen molar-refractivity contribution in [1.82, 2.24) is 4.90 Å². The zero-order chi connectivity index (χ0) is 14.4. The average Bonchev–Trinajstić information content (AvgIpc) is 2.46. The van der Waals surface area contributed by atoms with Crippen LogP contribution in [-0.4, -0.2) is 43.9 Å². The van der Waals surface area contributed by atoms with Crippen molar-refractivity contribution in [2.75, 3.05) is 32.9 Å². The second-order valence-corrected chi connectivity index (χ2v) is 5.20. The molecule has 1 aliphatic rings. The van der Waals surface area contributed by atoms with Crippen LogP contribution in [0, 0.1) is 25.2 Å². The average molecular weight is 274 g/mol. The van der Waals surface area contributed by atoms with Gasteiger partial charge in [0.15, 0.2) is 0 Å². The third-order valence-electron chi connectivity index (χ3n) is 3.72. The molecule has 1 heterocycles. The van der Waals surface area contributed by atoms with Gasteiger partial charge in [0.25, 0.3) is 0 Å². The van der Waals surface area contributed by atoms with Gasteiger partial charge >= 0.3 is 0 Å². The Labute approximate surface area is 120 Å². The second-order valence-electron chi connectivity index (χ2n) is 5.20. The lowest BCUT2D eigenvalue weighted by atomic mass is 10.1. The number of para-hydroxylation sites is 1. The lowest BCUT2D eigenvalue weighted by Gasteiger charge is -2.33. The normalized spacial score (nSPS) is 17.4. The maximum absolute atomic E-state index is 9.01. The Morgan fingerprint density at radius 3 is 2.55 bits per heavy atom. The number of morpholine rings is 1. The minimum Gasteiger partial charge on any atom is -0.491 e. The highest BCUT2D eigenvalue weighted by molar-refractivity contribution is 5.39. The van der Waals surface area contributed by atoms with Crippen LogP contribution in [0.3, 0.4) is 0 Å². The predicted octanol–water partition coefficient (Wildman–Crippen LogP) is 2.30. The van der Waals surface area contributed by atoms with E-state index in [-0.39, 0.29) is 6.04 Å². The summed E-state index contributed by atoms with van der Waals surface area (Å²) in [4.78, 5) is 2.29. The van der Waals surface area contributed by atoms with E-state index < -0.39 is 0 Å². The zero-order valence-corrected chi connectivity index (χ0v) is 12.3. The van der Waals surface area contributed by atoms with Crippen LogP contribution in [0.1, 0.15) is 17.5 Å². The van der Waals surface area contributed by atoms with Crippen LogP contribution >= 0.6 is 0 Å². The summed E-state index contributed by atoms with van der Waals surface area (Å²) in [5, 5.41) is 9.01. The first kappa shape index (κ1) is 14.8. The summed E-state index contributed by atoms with van der Waals surface area (Å²) in [5.41, 5.74) is 2.28. The van der Waals surface area contributed by atoms with Crippen LogP contribution in [-0.2, 0) is 4.74 Å². The van der Waals surface area contributed by atoms with E-state index >= 15 is 0 Å². The van der Waals surface area contributed by atoms with Crippen LogP contribution in [0.2, 0.25) is 0 Å². The predicted molar refractivity (Wildman–Crippen MR) is 77.8 cm³/mol. The highest BCUT2D eigenvalue weighted by Crippen LogP contribution is 2.23. The molecule has 4 heteroatoms. The van der Waals surface area contributed by atoms with Crippen molar-refractivity contribution >= 4 is 0 Å². The molecule has 1 aromatic carbocycles. The standard InChI is InChI=1S/C16H22N2O2/c1-13-4-3-5-14(2)16(13)20-12-15(6-7-17)18-8-10-19-11-9-18/h3-5,15H,6,8-12H2,1-2H3. The van der Waals surface area contributed by atoms with Gasteiger partial charge in [-0.1, -0.05) is 18.2 Å². The first-order chi connectivity index (χ1) is 9.72. The first-order valence-electron chi connectivity index (χ1n) is 7.10. The van der Waals surface area contributed by atoms with Gasteiger partial charge in [-0.2, -0.15) is 5.26 Å². The molecule has 1 saturated heterocycles. The van der Waals surface area contributed by atoms with Gasteiger partial charge in [-0.3, -0.25) is 4.90 Å². The molecule has 1 atom stereocenters. The molecule has 0 aliphatic carbocycles. The largest absolute Gasteiger partial charge is 0.491 e. The molecule has 0 amide bonds. The molecule has 1 fully saturated rings. The summed E-state index contributed by atoms with van der Waals surface area (Å²) in [6.45, 7) is 7.90. The molecule has 4 nitrogen and oxygen atoms in total. The topological polar surface area (TPSA) is 45.5 Å². The molecular formula is C16H22N2O2. The van der Waals surface area contributed by atoms with Crippen LogP contribution in [0.15, 0.2) is 18.2 Å². The lowest BCUT2D eigenvalue weighted by molar-refractivity contribution is 0.00704. The Hall–Kier alpha value is -1.57. The molecule has 1 aromatic rings. The van der Waals surface area contributed by atoms with Gasteiger partial charge in [0.1, 0.15) is 12.4 Å². The van der Waals surface area contributed by atoms with E-state index in [2.05, 4.69) is 36.9 Å². The summed E-state index contributed by atoms with van der Waals surface area (Å²) >= 11 is 0. The maximum atomic E-state index is 9.01. The monoisotopic (exact) mass is 274 g/mol. The minimum absolute atomic E-state index is 0.142. The number of nitrogens with zero attached hydrogens (tertiary/aromatic N) is 2. The van der Waals surface area contributed by atoms with E-state index in [4.69, 9.17) is 14.7 Å². The van der Waals surface area contributed by atoms with Crippen molar-refractivity contribution in [2.45, 2.75) is 26.3 Å². The Morgan fingerprint density at radius 1 is 1.30 bits per heavy atom. The Kier molecular flexibility index (Phi) is 5.40. The first-order valence-corrected chi connectivity index (χ1v) is 7.10. The molecule has 0 saturated carbocycles. The zero-order valence-electron chi connectivity index (χ0n) is 12.3. The van der Waals surface area contributed by atoms with E-state index in [0.29, 0.717) is 13.0 Å². The molecular weight excluding hydrogens is 252 g/mol. The molecule has 1 unspecified atom stereocenters. The Bertz CT molecular complexity index is 456. The van der Waals surface area contributed by atoms with Crippen molar-refractivity contribution in [3.8, 4) is 11.8 Å². The van der Waals surface area contributed by atoms with Gasteiger partial charge < -0.3 is 9.47 Å². The smallest absolute Gasteiger partial charge is 0.125 e. The molecule has 2 rings (SSSR count). The van der Waals surface area contributed by atoms with Gasteiger partial charge in [-0.05, 0) is 25.0 Å². The summed E-state index contributed by atoms with van der Waals surface area (Å²) < 4.78 is 11.4. The van der Waals surface area contributed by atoms with E-state index in [9.17, 15) is 0 Å². The Morgan fingerprint density at radius 2 is 1.95 bits per heavy atom. The molecule has 20 heavy (non-hydrogen) atoms. The molecule has 108 valence electrons. The van der Waals surface area contributed by atoms with Crippen molar-refractivity contribution in [2.24, 2.45) is 0 Å². The molecule has 1 aliphatic heterocycles. The SMILES string of the molecule is Cc1cccc(C)c1OCC(CC#N)N1CCOCC1. The number of hydrogen-bond acceptors (Lipinski definition) is 4. The summed E-state index contributed by atoms with van der Waals surface area (Å²) in [6, 6.07) is 8.55. The highest BCUT2D eigenvalue weighted by Gasteiger charge is 2.21. The minimum atomic E-state index is 0.142. The number of benzene rings is 1. The molecule has 0 radical (unpaired) electrons. The van der Waals surface area contributed by atoms with Crippen molar-refractivity contribution < 1.29 is 9.47 Å². The second kappa shape index (κ2) is 7.28. The molecule has 0 bridgehead atoms. The quantitative estimate of drug-likeness (QED) is 0.826. The third kappa shape index (κ3) is 3.72. The van der Waals surface area contributed by atoms with Gasteiger partial charge in [-0.25, -0.2) is 0 Å². The third-order valence-corrected chi connectivity index (χ3v) is 3.72. The fraction of sp³-hybridized carbons (Fsp3) is 0.562. The molecule has 0 N–H and O–H groups in total. The number of nitriles is 1. The van der Waals surface area contributed by atoms with Gasteiger partial charge in [0, 0.05) is 13.1 Å². The van der Waals surface area contributed by atoms with Crippen molar-refractivity contribution in [3.63, 3.8) is 0 Å². The van der Waals surface area contributed by atoms with Crippen LogP contribution < -0.4 is 4.74 Å². The van der Waals surface area contributed by atoms with E-state index in [1.807, 2.05) is 6.07 Å². The van der Waals surface area contributed by atoms with Crippen LogP contribution in [0.5, 0.6) is 5.75 Å². The summed E-state index contributed by atoms with van der Waals surface area (Å²) in [7, 11) is 0. The van der Waals surface area contributed by atoms with Crippen molar-refractivity contribution in [1.29, 1.82) is 5.26 Å². The number of rotatable bonds is 5. The van der Waals surface area contributed by atoms with Crippen LogP contribution in [0.25, 0.3) is 0 Å². The number of hydrogen-bond donors (Lipinski definition) is 0. The summed E-state index contributed by atoms with van der Waals surface area (Å²) in [5.74, 6) is 0.948. The summed E-state index contributed by atoms with van der Waals surface area (Å²) in [6.07, 6.45) is 0.491. The highest BCUT2D eigenvalue weighted by atomic mass is 16.5. The number of aryl methyl sites for hydroxylation is 2. The Balaban J connectivity index is 2.00. The fourth-order valence-electron chi connectivity index (χ4n) is 2.55. The van der Waals surface area contributed by atoms with E-state index in [1.165, 1.54) is 0 Å². The van der Waals surface area contributed by atoms with E-state index in [0.717, 1.165) is 43.2 Å². The molecule has 0 spiro atoms. The fourth-order valence-corrected chi connectivity index (χ4v) is 2.55. The van der Waals surface area contributed by atoms with E-state index in [1.54, 1.807) is 0 Å². The van der Waals surface area contributed by atoms with Gasteiger partial charge in [0.05, 0.1) is 31.7 Å². The van der Waals surface area contributed by atoms with Crippen molar-refractivity contribution in [3.05, 3.63) is 29.3 Å². The maximum Gasteiger partial charge on any atom is 0.125 e. The van der Waals surface area contributed by atoms with Crippen LogP contribution in [0.4, 0.5) is 0 Å². The van der Waals surface area contributed by atoms with Gasteiger partial charge in [-0.15, -0.1) is 0 Å². The molecule has 0 aromatic heterocycles. The lowest BCUT2D eigenvalue weighted by Crippen LogP contribution is -2.46. The van der Waals surface area contributed by atoms with Gasteiger partial charge in [0.2, 0.25) is 0 Å². The number of ether oxygens (including phenoxy) is 2.